The minimum atomic E-state index is -0.0589. The van der Waals surface area contributed by atoms with E-state index in [4.69, 9.17) is 4.74 Å². The van der Waals surface area contributed by atoms with Crippen molar-refractivity contribution in [3.63, 3.8) is 0 Å². The molecular formula is C10H8Br2O2. The molecule has 74 valence electrons. The van der Waals surface area contributed by atoms with Gasteiger partial charge in [-0.15, -0.1) is 0 Å². The number of carbonyl (C=O) groups excluding carboxylic acids is 1. The van der Waals surface area contributed by atoms with Crippen LogP contribution < -0.4 is 4.74 Å². The maximum absolute atomic E-state index is 11.5. The number of hydrogen-bond donors (Lipinski definition) is 0. The summed E-state index contributed by atoms with van der Waals surface area (Å²) in [6, 6.07) is 6.95. The second-order valence-electron chi connectivity index (χ2n) is 2.53. The summed E-state index contributed by atoms with van der Waals surface area (Å²) in [5.74, 6) is 0.680. The van der Waals surface area contributed by atoms with Crippen LogP contribution >= 0.6 is 31.9 Å². The highest BCUT2D eigenvalue weighted by atomic mass is 79.9. The molecule has 0 aromatic heterocycles. The molecule has 0 fully saturated rings. The van der Waals surface area contributed by atoms with E-state index in [0.717, 1.165) is 5.75 Å². The number of rotatable bonds is 3. The number of benzene rings is 1. The van der Waals surface area contributed by atoms with Gasteiger partial charge in [-0.2, -0.15) is 0 Å². The van der Waals surface area contributed by atoms with Gasteiger partial charge >= 0.3 is 0 Å². The van der Waals surface area contributed by atoms with E-state index < -0.39 is 0 Å². The first-order chi connectivity index (χ1) is 6.63. The fourth-order valence-corrected chi connectivity index (χ4v) is 1.35. The van der Waals surface area contributed by atoms with Gasteiger partial charge in [0.1, 0.15) is 5.75 Å². The van der Waals surface area contributed by atoms with Gasteiger partial charge in [-0.1, -0.05) is 0 Å². The first-order valence-electron chi connectivity index (χ1n) is 3.84. The molecule has 0 aliphatic heterocycles. The average molecular weight is 320 g/mol. The highest BCUT2D eigenvalue weighted by Crippen LogP contribution is 2.16. The first-order valence-corrected chi connectivity index (χ1v) is 5.43. The molecule has 4 heteroatoms. The van der Waals surface area contributed by atoms with Gasteiger partial charge in [-0.3, -0.25) is 4.79 Å². The van der Waals surface area contributed by atoms with E-state index in [0.29, 0.717) is 8.96 Å². The summed E-state index contributed by atoms with van der Waals surface area (Å²) in [7, 11) is 1.59. The summed E-state index contributed by atoms with van der Waals surface area (Å²) in [4.78, 5) is 11.5. The summed E-state index contributed by atoms with van der Waals surface area (Å²) in [5, 5.41) is 0. The number of hydrogen-bond acceptors (Lipinski definition) is 2. The van der Waals surface area contributed by atoms with Crippen LogP contribution in [0.25, 0.3) is 0 Å². The smallest absolute Gasteiger partial charge is 0.187 e. The highest BCUT2D eigenvalue weighted by Gasteiger charge is 2.02. The molecule has 1 aromatic rings. The summed E-state index contributed by atoms with van der Waals surface area (Å²) in [6.45, 7) is 0. The Labute approximate surface area is 99.2 Å². The third-order valence-electron chi connectivity index (χ3n) is 1.61. The zero-order valence-electron chi connectivity index (χ0n) is 7.46. The normalized spacial score (nSPS) is 9.36. The minimum Gasteiger partial charge on any atom is -0.497 e. The van der Waals surface area contributed by atoms with Crippen molar-refractivity contribution in [2.24, 2.45) is 0 Å². The van der Waals surface area contributed by atoms with Crippen LogP contribution in [0.5, 0.6) is 5.75 Å². The lowest BCUT2D eigenvalue weighted by molar-refractivity contribution is 0.104. The van der Waals surface area contributed by atoms with Gasteiger partial charge in [0.25, 0.3) is 0 Å². The maximum Gasteiger partial charge on any atom is 0.187 e. The molecule has 0 heterocycles. The van der Waals surface area contributed by atoms with Gasteiger partial charge in [0.15, 0.2) is 5.78 Å². The van der Waals surface area contributed by atoms with E-state index in [1.165, 1.54) is 6.08 Å². The second kappa shape index (κ2) is 5.32. The maximum atomic E-state index is 11.5. The van der Waals surface area contributed by atoms with E-state index in [-0.39, 0.29) is 5.78 Å². The van der Waals surface area contributed by atoms with Crippen molar-refractivity contribution in [3.05, 3.63) is 39.3 Å². The zero-order chi connectivity index (χ0) is 10.6. The number of ketones is 1. The Balaban J connectivity index is 2.87. The van der Waals surface area contributed by atoms with Gasteiger partial charge in [0.05, 0.1) is 10.5 Å². The van der Waals surface area contributed by atoms with Crippen LogP contribution in [-0.2, 0) is 0 Å². The molecule has 1 rings (SSSR count). The Hall–Kier alpha value is -0.610. The third-order valence-corrected chi connectivity index (χ3v) is 2.07. The summed E-state index contributed by atoms with van der Waals surface area (Å²) in [5.41, 5.74) is 0.627. The van der Waals surface area contributed by atoms with Crippen molar-refractivity contribution < 1.29 is 9.53 Å². The third kappa shape index (κ3) is 3.27. The minimum absolute atomic E-state index is 0.0589. The van der Waals surface area contributed by atoms with E-state index in [2.05, 4.69) is 31.9 Å². The molecule has 1 aromatic carbocycles. The molecular weight excluding hydrogens is 312 g/mol. The van der Waals surface area contributed by atoms with Gasteiger partial charge in [-0.25, -0.2) is 0 Å². The predicted octanol–water partition coefficient (Wildman–Crippen LogP) is 3.51. The lowest BCUT2D eigenvalue weighted by Gasteiger charge is -1.99. The van der Waals surface area contributed by atoms with E-state index in [9.17, 15) is 4.79 Å². The summed E-state index contributed by atoms with van der Waals surface area (Å²) in [6.07, 6.45) is 1.46. The van der Waals surface area contributed by atoms with Crippen LogP contribution in [0.15, 0.2) is 33.7 Å². The van der Waals surface area contributed by atoms with Gasteiger partial charge in [-0.05, 0) is 56.1 Å². The predicted molar refractivity (Wildman–Crippen MR) is 63.3 cm³/mol. The fourth-order valence-electron chi connectivity index (χ4n) is 0.938. The molecule has 0 amide bonds. The van der Waals surface area contributed by atoms with E-state index in [1.807, 2.05) is 0 Å². The lowest BCUT2D eigenvalue weighted by atomic mass is 10.1. The van der Waals surface area contributed by atoms with Crippen LogP contribution in [0.4, 0.5) is 0 Å². The van der Waals surface area contributed by atoms with Crippen LogP contribution in [0.3, 0.4) is 0 Å². The SMILES string of the molecule is COc1ccc(C(=O)C=C(Br)Br)cc1. The summed E-state index contributed by atoms with van der Waals surface area (Å²) < 4.78 is 5.62. The topological polar surface area (TPSA) is 26.3 Å². The molecule has 0 saturated carbocycles. The molecule has 0 aliphatic carbocycles. The van der Waals surface area contributed by atoms with E-state index >= 15 is 0 Å². The summed E-state index contributed by atoms with van der Waals surface area (Å²) >= 11 is 6.27. The molecule has 0 radical (unpaired) electrons. The van der Waals surface area contributed by atoms with Gasteiger partial charge in [0.2, 0.25) is 0 Å². The number of carbonyl (C=O) groups is 1. The van der Waals surface area contributed by atoms with Crippen molar-refractivity contribution >= 4 is 37.6 Å². The van der Waals surface area contributed by atoms with E-state index in [1.54, 1.807) is 31.4 Å². The van der Waals surface area contributed by atoms with Crippen molar-refractivity contribution in [1.29, 1.82) is 0 Å². The Kier molecular flexibility index (Phi) is 4.35. The molecule has 0 saturated heterocycles. The number of ether oxygens (including phenoxy) is 1. The Morgan fingerprint density at radius 2 is 1.86 bits per heavy atom. The Morgan fingerprint density at radius 1 is 1.29 bits per heavy atom. The first kappa shape index (κ1) is 11.5. The number of allylic oxidation sites excluding steroid dienone is 1. The fraction of sp³-hybridized carbons (Fsp3) is 0.100. The molecule has 0 bridgehead atoms. The quantitative estimate of drug-likeness (QED) is 0.629. The van der Waals surface area contributed by atoms with Gasteiger partial charge < -0.3 is 4.74 Å². The Bertz CT molecular complexity index is 351. The second-order valence-corrected chi connectivity index (χ2v) is 5.30. The van der Waals surface area contributed by atoms with Crippen molar-refractivity contribution in [2.75, 3.05) is 7.11 Å². The molecule has 14 heavy (non-hydrogen) atoms. The lowest BCUT2D eigenvalue weighted by Crippen LogP contribution is -1.94. The van der Waals surface area contributed by atoms with Crippen LogP contribution in [0, 0.1) is 0 Å². The van der Waals surface area contributed by atoms with Crippen LogP contribution in [0.1, 0.15) is 10.4 Å². The van der Waals surface area contributed by atoms with Crippen LogP contribution in [0.2, 0.25) is 0 Å². The molecule has 2 nitrogen and oxygen atoms in total. The number of methoxy groups -OCH3 is 1. The van der Waals surface area contributed by atoms with Gasteiger partial charge in [0, 0.05) is 11.6 Å². The highest BCUT2D eigenvalue weighted by molar-refractivity contribution is 9.28. The molecule has 0 atom stereocenters. The largest absolute Gasteiger partial charge is 0.497 e. The average Bonchev–Trinajstić information content (AvgIpc) is 2.17. The van der Waals surface area contributed by atoms with Crippen molar-refractivity contribution in [1.82, 2.24) is 0 Å². The standard InChI is InChI=1S/C10H8Br2O2/c1-14-8-4-2-7(3-5-8)9(13)6-10(11)12/h2-6H,1H3. The van der Waals surface area contributed by atoms with Crippen molar-refractivity contribution in [3.8, 4) is 5.75 Å². The Morgan fingerprint density at radius 3 is 2.29 bits per heavy atom. The van der Waals surface area contributed by atoms with Crippen LogP contribution in [-0.4, -0.2) is 12.9 Å². The molecule has 0 unspecified atom stereocenters. The molecule has 0 aliphatic rings. The zero-order valence-corrected chi connectivity index (χ0v) is 10.6. The monoisotopic (exact) mass is 318 g/mol. The molecule has 0 spiro atoms. The van der Waals surface area contributed by atoms with Crippen molar-refractivity contribution in [2.45, 2.75) is 0 Å². The molecule has 0 N–H and O–H groups in total. The number of halogens is 2.